The van der Waals surface area contributed by atoms with Crippen LogP contribution in [0.3, 0.4) is 0 Å². The van der Waals surface area contributed by atoms with Crippen LogP contribution in [0.1, 0.15) is 17.5 Å². The van der Waals surface area contributed by atoms with Gasteiger partial charge in [0.1, 0.15) is 18.1 Å². The average molecular weight is 404 g/mol. The van der Waals surface area contributed by atoms with Crippen LogP contribution in [0.2, 0.25) is 0 Å². The zero-order chi connectivity index (χ0) is 20.1. The van der Waals surface area contributed by atoms with E-state index in [4.69, 9.17) is 9.47 Å². The topological polar surface area (TPSA) is 84.9 Å². The summed E-state index contributed by atoms with van der Waals surface area (Å²) in [4.78, 5) is 12.2. The van der Waals surface area contributed by atoms with Gasteiger partial charge in [-0.1, -0.05) is 18.2 Å². The molecular weight excluding hydrogens is 380 g/mol. The lowest BCUT2D eigenvalue weighted by Gasteiger charge is -2.16. The number of methoxy groups -OCH3 is 1. The van der Waals surface area contributed by atoms with Crippen LogP contribution in [0, 0.1) is 0 Å². The first-order valence-electron chi connectivity index (χ1n) is 8.99. The Morgan fingerprint density at radius 1 is 1.25 bits per heavy atom. The van der Waals surface area contributed by atoms with E-state index >= 15 is 0 Å². The Balaban J connectivity index is 1.63. The van der Waals surface area contributed by atoms with Crippen molar-refractivity contribution in [1.82, 2.24) is 4.31 Å². The molecule has 8 heteroatoms. The minimum absolute atomic E-state index is 0.0998. The third-order valence-electron chi connectivity index (χ3n) is 4.53. The minimum atomic E-state index is -3.29. The molecule has 1 amide bonds. The van der Waals surface area contributed by atoms with E-state index in [-0.39, 0.29) is 12.5 Å². The summed E-state index contributed by atoms with van der Waals surface area (Å²) in [6.45, 7) is 0.923. The number of rotatable bonds is 6. The fourth-order valence-corrected chi connectivity index (χ4v) is 3.82. The lowest BCUT2D eigenvalue weighted by molar-refractivity contribution is -0.116. The molecule has 1 N–H and O–H groups in total. The van der Waals surface area contributed by atoms with Gasteiger partial charge in [-0.15, -0.1) is 0 Å². The van der Waals surface area contributed by atoms with Gasteiger partial charge in [0.2, 0.25) is 15.9 Å². The Labute approximate surface area is 165 Å². The maximum atomic E-state index is 12.2. The maximum Gasteiger partial charge on any atom is 0.224 e. The van der Waals surface area contributed by atoms with Crippen molar-refractivity contribution in [3.63, 3.8) is 0 Å². The summed E-state index contributed by atoms with van der Waals surface area (Å²) in [6.07, 6.45) is 2.05. The predicted octanol–water partition coefficient (Wildman–Crippen LogP) is 2.42. The van der Waals surface area contributed by atoms with E-state index in [0.717, 1.165) is 11.1 Å². The molecule has 1 aliphatic heterocycles. The van der Waals surface area contributed by atoms with E-state index in [1.54, 1.807) is 19.2 Å². The van der Waals surface area contributed by atoms with Crippen molar-refractivity contribution in [2.45, 2.75) is 19.4 Å². The van der Waals surface area contributed by atoms with Gasteiger partial charge in [-0.05, 0) is 30.2 Å². The molecule has 3 rings (SSSR count). The molecule has 0 bridgehead atoms. The van der Waals surface area contributed by atoms with Crippen LogP contribution in [0.25, 0.3) is 0 Å². The van der Waals surface area contributed by atoms with Gasteiger partial charge in [-0.2, -0.15) is 4.31 Å². The fraction of sp³-hybridized carbons (Fsp3) is 0.350. The largest absolute Gasteiger partial charge is 0.497 e. The summed E-state index contributed by atoms with van der Waals surface area (Å²) in [5.41, 5.74) is 2.45. The Morgan fingerprint density at radius 3 is 2.82 bits per heavy atom. The Bertz CT molecular complexity index is 959. The molecule has 150 valence electrons. The molecule has 0 unspecified atom stereocenters. The number of nitrogens with zero attached hydrogens (tertiary/aromatic N) is 1. The molecule has 0 atom stereocenters. The van der Waals surface area contributed by atoms with Gasteiger partial charge in [0.25, 0.3) is 0 Å². The molecule has 0 saturated heterocycles. The number of hydrogen-bond acceptors (Lipinski definition) is 5. The van der Waals surface area contributed by atoms with Crippen LogP contribution in [-0.4, -0.2) is 45.1 Å². The molecule has 2 aromatic carbocycles. The van der Waals surface area contributed by atoms with Crippen LogP contribution in [0.4, 0.5) is 5.69 Å². The van der Waals surface area contributed by atoms with Gasteiger partial charge in [0, 0.05) is 36.8 Å². The second-order valence-corrected chi connectivity index (χ2v) is 8.65. The highest BCUT2D eigenvalue weighted by atomic mass is 32.2. The van der Waals surface area contributed by atoms with Crippen molar-refractivity contribution < 1.29 is 22.7 Å². The third-order valence-corrected chi connectivity index (χ3v) is 5.78. The van der Waals surface area contributed by atoms with E-state index in [0.29, 0.717) is 43.2 Å². The summed E-state index contributed by atoms with van der Waals surface area (Å²) in [5.74, 6) is 1.27. The normalized spacial score (nSPS) is 14.5. The number of anilines is 1. The van der Waals surface area contributed by atoms with Gasteiger partial charge >= 0.3 is 0 Å². The second-order valence-electron chi connectivity index (χ2n) is 6.67. The van der Waals surface area contributed by atoms with Crippen LogP contribution in [0.5, 0.6) is 11.5 Å². The number of ether oxygens (including phenoxy) is 2. The quantitative estimate of drug-likeness (QED) is 0.799. The smallest absolute Gasteiger partial charge is 0.224 e. The van der Waals surface area contributed by atoms with E-state index < -0.39 is 10.0 Å². The third kappa shape index (κ3) is 5.24. The fourth-order valence-electron chi connectivity index (χ4n) is 3.04. The number of carbonyl (C=O) groups excluding carboxylic acids is 1. The standard InChI is InChI=1S/C20H24N2O5S/c1-26-18-5-3-4-17(13-18)21-20(23)9-7-15-6-8-19-16(12-15)14-22(10-11-27-19)28(2,24)25/h3-6,8,12-13H,7,9-11,14H2,1-2H3,(H,21,23). The van der Waals surface area contributed by atoms with Crippen molar-refractivity contribution in [2.24, 2.45) is 0 Å². The van der Waals surface area contributed by atoms with Crippen LogP contribution >= 0.6 is 0 Å². The summed E-state index contributed by atoms with van der Waals surface area (Å²) in [5, 5.41) is 2.85. The predicted molar refractivity (Wildman–Crippen MR) is 107 cm³/mol. The number of hydrogen-bond donors (Lipinski definition) is 1. The van der Waals surface area contributed by atoms with Crippen molar-refractivity contribution in [1.29, 1.82) is 0 Å². The van der Waals surface area contributed by atoms with E-state index in [1.165, 1.54) is 10.6 Å². The van der Waals surface area contributed by atoms with Crippen molar-refractivity contribution in [3.05, 3.63) is 53.6 Å². The molecule has 0 aliphatic carbocycles. The molecule has 28 heavy (non-hydrogen) atoms. The summed E-state index contributed by atoms with van der Waals surface area (Å²) < 4.78 is 36.0. The van der Waals surface area contributed by atoms with Gasteiger partial charge in [0.15, 0.2) is 0 Å². The number of sulfonamides is 1. The number of amides is 1. The molecule has 1 aliphatic rings. The van der Waals surface area contributed by atoms with Gasteiger partial charge < -0.3 is 14.8 Å². The number of fused-ring (bicyclic) bond motifs is 1. The number of benzene rings is 2. The first-order chi connectivity index (χ1) is 13.3. The van der Waals surface area contributed by atoms with Gasteiger partial charge in [-0.25, -0.2) is 8.42 Å². The highest BCUT2D eigenvalue weighted by Gasteiger charge is 2.22. The Kier molecular flexibility index (Phi) is 6.21. The molecule has 0 aromatic heterocycles. The average Bonchev–Trinajstić information content (AvgIpc) is 2.88. The number of aryl methyl sites for hydroxylation is 1. The molecule has 0 saturated carbocycles. The van der Waals surface area contributed by atoms with E-state index in [9.17, 15) is 13.2 Å². The lowest BCUT2D eigenvalue weighted by Crippen LogP contribution is -2.31. The SMILES string of the molecule is COc1cccc(NC(=O)CCc2ccc3c(c2)CN(S(C)(=O)=O)CCO3)c1. The van der Waals surface area contributed by atoms with Crippen LogP contribution < -0.4 is 14.8 Å². The van der Waals surface area contributed by atoms with Gasteiger partial charge in [0.05, 0.1) is 13.4 Å². The van der Waals surface area contributed by atoms with Crippen LogP contribution in [0.15, 0.2) is 42.5 Å². The molecule has 0 spiro atoms. The zero-order valence-electron chi connectivity index (χ0n) is 16.0. The summed E-state index contributed by atoms with van der Waals surface area (Å²) >= 11 is 0. The first kappa shape index (κ1) is 20.2. The minimum Gasteiger partial charge on any atom is -0.497 e. The van der Waals surface area contributed by atoms with E-state index in [1.807, 2.05) is 30.3 Å². The Morgan fingerprint density at radius 2 is 2.07 bits per heavy atom. The molecule has 1 heterocycles. The lowest BCUT2D eigenvalue weighted by atomic mass is 10.0. The number of carbonyl (C=O) groups is 1. The summed E-state index contributed by atoms with van der Waals surface area (Å²) in [6, 6.07) is 12.9. The molecular formula is C20H24N2O5S. The maximum absolute atomic E-state index is 12.2. The highest BCUT2D eigenvalue weighted by Crippen LogP contribution is 2.26. The molecule has 7 nitrogen and oxygen atoms in total. The summed E-state index contributed by atoms with van der Waals surface area (Å²) in [7, 11) is -1.71. The van der Waals surface area contributed by atoms with E-state index in [2.05, 4.69) is 5.32 Å². The Hall–Kier alpha value is -2.58. The molecule has 2 aromatic rings. The zero-order valence-corrected chi connectivity index (χ0v) is 16.8. The van der Waals surface area contributed by atoms with Crippen molar-refractivity contribution >= 4 is 21.6 Å². The van der Waals surface area contributed by atoms with Crippen LogP contribution in [-0.2, 0) is 27.8 Å². The molecule has 0 radical (unpaired) electrons. The second kappa shape index (κ2) is 8.62. The van der Waals surface area contributed by atoms with Gasteiger partial charge in [-0.3, -0.25) is 4.79 Å². The number of nitrogens with one attached hydrogen (secondary N) is 1. The first-order valence-corrected chi connectivity index (χ1v) is 10.8. The highest BCUT2D eigenvalue weighted by molar-refractivity contribution is 7.88. The van der Waals surface area contributed by atoms with Crippen molar-refractivity contribution in [2.75, 3.05) is 31.8 Å². The monoisotopic (exact) mass is 404 g/mol. The van der Waals surface area contributed by atoms with Crippen molar-refractivity contribution in [3.8, 4) is 11.5 Å². The molecule has 0 fully saturated rings.